The predicted octanol–water partition coefficient (Wildman–Crippen LogP) is 4.44. The summed E-state index contributed by atoms with van der Waals surface area (Å²) < 4.78 is 43.7. The second-order valence-corrected chi connectivity index (χ2v) is 9.82. The highest BCUT2D eigenvalue weighted by atomic mass is 35.5. The number of sulfonamides is 1. The molecule has 10 heteroatoms. The molecule has 0 spiro atoms. The van der Waals surface area contributed by atoms with Crippen molar-refractivity contribution in [3.8, 4) is 17.2 Å². The fourth-order valence-electron chi connectivity index (χ4n) is 3.47. The van der Waals surface area contributed by atoms with Gasteiger partial charge in [-0.05, 0) is 55.0 Å². The summed E-state index contributed by atoms with van der Waals surface area (Å²) in [5.41, 5.74) is 0.995. The highest BCUT2D eigenvalue weighted by Gasteiger charge is 2.28. The van der Waals surface area contributed by atoms with Crippen molar-refractivity contribution in [2.75, 3.05) is 32.2 Å². The molecule has 35 heavy (non-hydrogen) atoms. The SMILES string of the molecule is COc1ccc(N(CC(=O)NC(C)c2ccc(OC)c(OC)c2)S(=O)(=O)c2ccccc2)cc1Cl. The molecule has 1 N–H and O–H groups in total. The minimum atomic E-state index is -4.07. The summed E-state index contributed by atoms with van der Waals surface area (Å²) in [5.74, 6) is 0.969. The van der Waals surface area contributed by atoms with Crippen LogP contribution in [0.3, 0.4) is 0 Å². The number of nitrogens with one attached hydrogen (secondary N) is 1. The number of carbonyl (C=O) groups excluding carboxylic acids is 1. The minimum Gasteiger partial charge on any atom is -0.495 e. The normalized spacial score (nSPS) is 11.9. The van der Waals surface area contributed by atoms with Crippen LogP contribution in [0, 0.1) is 0 Å². The lowest BCUT2D eigenvalue weighted by Gasteiger charge is -2.25. The van der Waals surface area contributed by atoms with Crippen LogP contribution in [-0.2, 0) is 14.8 Å². The molecule has 0 radical (unpaired) electrons. The average Bonchev–Trinajstić information content (AvgIpc) is 2.87. The first-order valence-corrected chi connectivity index (χ1v) is 12.5. The van der Waals surface area contributed by atoms with Crippen LogP contribution in [0.4, 0.5) is 5.69 Å². The van der Waals surface area contributed by atoms with E-state index in [1.807, 2.05) is 0 Å². The van der Waals surface area contributed by atoms with E-state index in [9.17, 15) is 13.2 Å². The molecular formula is C25H27ClN2O6S. The molecule has 0 aliphatic carbocycles. The molecule has 1 unspecified atom stereocenters. The standard InChI is InChI=1S/C25H27ClN2O6S/c1-17(18-10-12-23(33-3)24(14-18)34-4)27-25(29)16-28(19-11-13-22(32-2)21(26)15-19)35(30,31)20-8-6-5-7-9-20/h5-15,17H,16H2,1-4H3,(H,27,29). The van der Waals surface area contributed by atoms with Crippen molar-refractivity contribution in [2.45, 2.75) is 17.9 Å². The molecule has 0 heterocycles. The van der Waals surface area contributed by atoms with Crippen LogP contribution < -0.4 is 23.8 Å². The van der Waals surface area contributed by atoms with Gasteiger partial charge in [0.2, 0.25) is 5.91 Å². The third-order valence-corrected chi connectivity index (χ3v) is 7.41. The number of benzene rings is 3. The molecule has 8 nitrogen and oxygen atoms in total. The minimum absolute atomic E-state index is 0.0488. The Hall–Kier alpha value is -3.43. The maximum absolute atomic E-state index is 13.5. The molecule has 0 saturated heterocycles. The lowest BCUT2D eigenvalue weighted by molar-refractivity contribution is -0.120. The first kappa shape index (κ1) is 26.2. The Bertz CT molecular complexity index is 1280. The first-order valence-electron chi connectivity index (χ1n) is 10.6. The third-order valence-electron chi connectivity index (χ3n) is 5.33. The Morgan fingerprint density at radius 3 is 2.14 bits per heavy atom. The van der Waals surface area contributed by atoms with Crippen LogP contribution in [0.5, 0.6) is 17.2 Å². The molecule has 1 atom stereocenters. The van der Waals surface area contributed by atoms with E-state index >= 15 is 0 Å². The van der Waals surface area contributed by atoms with E-state index in [-0.39, 0.29) is 15.6 Å². The van der Waals surface area contributed by atoms with Gasteiger partial charge in [-0.1, -0.05) is 35.9 Å². The van der Waals surface area contributed by atoms with Gasteiger partial charge in [0.1, 0.15) is 12.3 Å². The first-order chi connectivity index (χ1) is 16.7. The molecule has 0 aliphatic heterocycles. The molecule has 3 rings (SSSR count). The number of rotatable bonds is 10. The average molecular weight is 519 g/mol. The molecule has 1 amide bonds. The summed E-state index contributed by atoms with van der Waals surface area (Å²) in [5, 5.41) is 3.07. The summed E-state index contributed by atoms with van der Waals surface area (Å²) in [6.45, 7) is 1.33. The van der Waals surface area contributed by atoms with E-state index in [1.54, 1.807) is 49.4 Å². The molecule has 0 fully saturated rings. The van der Waals surface area contributed by atoms with Gasteiger partial charge in [-0.3, -0.25) is 9.10 Å². The van der Waals surface area contributed by atoms with Crippen molar-refractivity contribution in [2.24, 2.45) is 0 Å². The Kier molecular flexibility index (Phi) is 8.48. The van der Waals surface area contributed by atoms with Gasteiger partial charge >= 0.3 is 0 Å². The van der Waals surface area contributed by atoms with Crippen molar-refractivity contribution >= 4 is 33.2 Å². The van der Waals surface area contributed by atoms with Gasteiger partial charge in [0.25, 0.3) is 10.0 Å². The molecule has 0 aliphatic rings. The van der Waals surface area contributed by atoms with Gasteiger partial charge in [0, 0.05) is 0 Å². The van der Waals surface area contributed by atoms with Gasteiger partial charge < -0.3 is 19.5 Å². The number of hydrogen-bond acceptors (Lipinski definition) is 6. The molecule has 0 aromatic heterocycles. The Labute approximate surface area is 210 Å². The molecule has 0 bridgehead atoms. The fourth-order valence-corrected chi connectivity index (χ4v) is 5.15. The number of ether oxygens (including phenoxy) is 3. The zero-order valence-corrected chi connectivity index (χ0v) is 21.4. The quantitative estimate of drug-likeness (QED) is 0.426. The van der Waals surface area contributed by atoms with E-state index in [4.69, 9.17) is 25.8 Å². The summed E-state index contributed by atoms with van der Waals surface area (Å²) in [6, 6.07) is 17.3. The van der Waals surface area contributed by atoms with E-state index in [0.717, 1.165) is 9.87 Å². The second kappa shape index (κ2) is 11.3. The fraction of sp³-hybridized carbons (Fsp3) is 0.240. The number of methoxy groups -OCH3 is 3. The van der Waals surface area contributed by atoms with Crippen molar-refractivity contribution in [1.82, 2.24) is 5.32 Å². The zero-order chi connectivity index (χ0) is 25.6. The smallest absolute Gasteiger partial charge is 0.264 e. The van der Waals surface area contributed by atoms with Gasteiger partial charge in [-0.15, -0.1) is 0 Å². The summed E-state index contributed by atoms with van der Waals surface area (Å²) in [7, 11) is 0.454. The van der Waals surface area contributed by atoms with Crippen LogP contribution in [0.1, 0.15) is 18.5 Å². The van der Waals surface area contributed by atoms with Crippen LogP contribution in [0.25, 0.3) is 0 Å². The van der Waals surface area contributed by atoms with Gasteiger partial charge in [-0.2, -0.15) is 0 Å². The number of amides is 1. The van der Waals surface area contributed by atoms with Crippen LogP contribution in [-0.4, -0.2) is 42.2 Å². The highest BCUT2D eigenvalue weighted by Crippen LogP contribution is 2.32. The van der Waals surface area contributed by atoms with Crippen molar-refractivity contribution < 1.29 is 27.4 Å². The summed E-state index contributed by atoms with van der Waals surface area (Å²) in [6.07, 6.45) is 0. The maximum Gasteiger partial charge on any atom is 0.264 e. The van der Waals surface area contributed by atoms with Crippen molar-refractivity contribution in [3.05, 3.63) is 77.3 Å². The van der Waals surface area contributed by atoms with Crippen LogP contribution in [0.2, 0.25) is 5.02 Å². The zero-order valence-electron chi connectivity index (χ0n) is 19.8. The molecule has 3 aromatic carbocycles. The number of carbonyl (C=O) groups is 1. The van der Waals surface area contributed by atoms with Crippen LogP contribution in [0.15, 0.2) is 71.6 Å². The number of anilines is 1. The predicted molar refractivity (Wildman–Crippen MR) is 135 cm³/mol. The van der Waals surface area contributed by atoms with Crippen LogP contribution >= 0.6 is 11.6 Å². The Balaban J connectivity index is 1.90. The topological polar surface area (TPSA) is 94.2 Å². The third kappa shape index (κ3) is 5.98. The lowest BCUT2D eigenvalue weighted by Crippen LogP contribution is -2.41. The van der Waals surface area contributed by atoms with Crippen molar-refractivity contribution in [1.29, 1.82) is 0 Å². The van der Waals surface area contributed by atoms with Gasteiger partial charge in [0.05, 0.1) is 43.0 Å². The van der Waals surface area contributed by atoms with E-state index < -0.39 is 28.5 Å². The Morgan fingerprint density at radius 2 is 1.54 bits per heavy atom. The maximum atomic E-state index is 13.5. The number of halogens is 1. The summed E-state index contributed by atoms with van der Waals surface area (Å²) >= 11 is 6.25. The highest BCUT2D eigenvalue weighted by molar-refractivity contribution is 7.92. The van der Waals surface area contributed by atoms with E-state index in [0.29, 0.717) is 17.2 Å². The van der Waals surface area contributed by atoms with Crippen molar-refractivity contribution in [3.63, 3.8) is 0 Å². The molecule has 3 aromatic rings. The number of nitrogens with zero attached hydrogens (tertiary/aromatic N) is 1. The largest absolute Gasteiger partial charge is 0.495 e. The number of hydrogen-bond donors (Lipinski definition) is 1. The van der Waals surface area contributed by atoms with Gasteiger partial charge in [0.15, 0.2) is 11.5 Å². The molecule has 0 saturated carbocycles. The second-order valence-electron chi connectivity index (χ2n) is 7.55. The monoisotopic (exact) mass is 518 g/mol. The molecule has 186 valence electrons. The summed E-state index contributed by atoms with van der Waals surface area (Å²) in [4.78, 5) is 13.1. The Morgan fingerprint density at radius 1 is 0.914 bits per heavy atom. The van der Waals surface area contributed by atoms with E-state index in [1.165, 1.54) is 45.6 Å². The van der Waals surface area contributed by atoms with Gasteiger partial charge in [-0.25, -0.2) is 8.42 Å². The lowest BCUT2D eigenvalue weighted by atomic mass is 10.1. The molecular weight excluding hydrogens is 492 g/mol. The van der Waals surface area contributed by atoms with E-state index in [2.05, 4.69) is 5.32 Å².